The monoisotopic (exact) mass is 450 g/mol. The van der Waals surface area contributed by atoms with Gasteiger partial charge in [-0.1, -0.05) is 26.0 Å². The molecule has 30 heavy (non-hydrogen) atoms. The van der Waals surface area contributed by atoms with Crippen LogP contribution in [-0.2, 0) is 32.5 Å². The molecular weight excluding hydrogens is 424 g/mol. The molecule has 0 aliphatic carbocycles. The number of fused-ring (bicyclic) bond motifs is 1. The number of anilines is 1. The first-order valence-corrected chi connectivity index (χ1v) is 12.1. The number of ether oxygens (including phenoxy) is 1. The molecule has 162 valence electrons. The quantitative estimate of drug-likeness (QED) is 0.679. The van der Waals surface area contributed by atoms with Crippen molar-refractivity contribution in [2.45, 2.75) is 44.4 Å². The number of esters is 1. The number of thiophene rings is 1. The maximum Gasteiger partial charge on any atom is 0.340 e. The van der Waals surface area contributed by atoms with Gasteiger partial charge in [0.05, 0.1) is 19.2 Å². The van der Waals surface area contributed by atoms with Gasteiger partial charge in [-0.2, -0.15) is 0 Å². The van der Waals surface area contributed by atoms with E-state index in [1.54, 1.807) is 23.1 Å². The van der Waals surface area contributed by atoms with Crippen molar-refractivity contribution in [3.8, 4) is 0 Å². The first-order valence-electron chi connectivity index (χ1n) is 9.79. The van der Waals surface area contributed by atoms with Crippen LogP contribution in [0.3, 0.4) is 0 Å². The summed E-state index contributed by atoms with van der Waals surface area (Å²) in [5, 5.41) is 0. The number of amides is 1. The van der Waals surface area contributed by atoms with E-state index < -0.39 is 16.0 Å². The summed E-state index contributed by atoms with van der Waals surface area (Å²) < 4.78 is 33.7. The van der Waals surface area contributed by atoms with Crippen LogP contribution in [0, 0.1) is 12.8 Å². The smallest absolute Gasteiger partial charge is 0.340 e. The number of nitrogens with zero attached hydrogens (tertiary/aromatic N) is 1. The van der Waals surface area contributed by atoms with Crippen molar-refractivity contribution in [3.63, 3.8) is 0 Å². The zero-order valence-corrected chi connectivity index (χ0v) is 19.2. The maximum absolute atomic E-state index is 13.2. The third-order valence-corrected chi connectivity index (χ3v) is 8.39. The summed E-state index contributed by atoms with van der Waals surface area (Å²) >= 11 is 1.03. The minimum atomic E-state index is -4.00. The van der Waals surface area contributed by atoms with E-state index in [0.29, 0.717) is 35.6 Å². The van der Waals surface area contributed by atoms with Crippen LogP contribution >= 0.6 is 11.3 Å². The van der Waals surface area contributed by atoms with Crippen molar-refractivity contribution in [2.24, 2.45) is 5.92 Å². The van der Waals surface area contributed by atoms with E-state index in [4.69, 9.17) is 4.74 Å². The number of carbonyl (C=O) groups excluding carboxylic acids is 2. The number of nitrogens with one attached hydrogen (secondary N) is 1. The fourth-order valence-corrected chi connectivity index (χ4v) is 6.41. The van der Waals surface area contributed by atoms with Crippen LogP contribution in [0.15, 0.2) is 28.5 Å². The lowest BCUT2D eigenvalue weighted by Crippen LogP contribution is -2.38. The zero-order chi connectivity index (χ0) is 22.1. The number of aryl methyl sites for hydroxylation is 1. The van der Waals surface area contributed by atoms with Crippen LogP contribution in [0.25, 0.3) is 0 Å². The third kappa shape index (κ3) is 4.37. The lowest BCUT2D eigenvalue weighted by molar-refractivity contribution is -0.135. The predicted molar refractivity (Wildman–Crippen MR) is 116 cm³/mol. The summed E-state index contributed by atoms with van der Waals surface area (Å²) in [6.45, 7) is 6.45. The van der Waals surface area contributed by atoms with Gasteiger partial charge in [0.25, 0.3) is 10.0 Å². The maximum atomic E-state index is 13.2. The SMILES string of the molecule is CC[C@@H](C)C(=O)N1CCc2c(sc(S(=O)(=O)Nc3cccc(C)c3)c2C(=O)OC)C1. The highest BCUT2D eigenvalue weighted by atomic mass is 32.2. The predicted octanol–water partition coefficient (Wildman–Crippen LogP) is 3.57. The zero-order valence-electron chi connectivity index (χ0n) is 17.5. The molecule has 0 radical (unpaired) electrons. The Hall–Kier alpha value is -2.39. The molecule has 1 N–H and O–H groups in total. The molecule has 0 spiro atoms. The normalized spacial score (nSPS) is 14.7. The van der Waals surface area contributed by atoms with E-state index in [9.17, 15) is 18.0 Å². The molecule has 1 aromatic heterocycles. The standard InChI is InChI=1S/C21H26N2O5S2/c1-5-14(3)19(24)23-10-9-16-17(12-23)29-21(18(16)20(25)28-4)30(26,27)22-15-8-6-7-13(2)11-15/h6-8,11,14,22H,5,9-10,12H2,1-4H3/t14-/m1/s1. The number of hydrogen-bond donors (Lipinski definition) is 1. The van der Waals surface area contributed by atoms with Gasteiger partial charge in [-0.05, 0) is 43.0 Å². The second-order valence-corrected chi connectivity index (χ2v) is 10.4. The molecule has 2 aromatic rings. The van der Waals surface area contributed by atoms with Crippen LogP contribution in [0.2, 0.25) is 0 Å². The number of benzene rings is 1. The Kier molecular flexibility index (Phi) is 6.52. The molecule has 1 amide bonds. The first-order chi connectivity index (χ1) is 14.2. The molecule has 1 aliphatic heterocycles. The highest BCUT2D eigenvalue weighted by molar-refractivity contribution is 7.94. The van der Waals surface area contributed by atoms with E-state index in [0.717, 1.165) is 23.3 Å². The number of rotatable bonds is 6. The molecule has 1 aromatic carbocycles. The average molecular weight is 451 g/mol. The second-order valence-electron chi connectivity index (χ2n) is 7.45. The van der Waals surface area contributed by atoms with E-state index in [-0.39, 0.29) is 21.6 Å². The molecule has 0 fully saturated rings. The molecule has 0 bridgehead atoms. The second kappa shape index (κ2) is 8.77. The lowest BCUT2D eigenvalue weighted by atomic mass is 10.0. The Morgan fingerprint density at radius 2 is 2.07 bits per heavy atom. The van der Waals surface area contributed by atoms with E-state index >= 15 is 0 Å². The molecule has 7 nitrogen and oxygen atoms in total. The summed E-state index contributed by atoms with van der Waals surface area (Å²) in [7, 11) is -2.77. The van der Waals surface area contributed by atoms with E-state index in [1.165, 1.54) is 7.11 Å². The van der Waals surface area contributed by atoms with Gasteiger partial charge in [0.1, 0.15) is 0 Å². The van der Waals surface area contributed by atoms with Gasteiger partial charge in [0, 0.05) is 23.0 Å². The Bertz CT molecular complexity index is 1080. The van der Waals surface area contributed by atoms with Crippen molar-refractivity contribution in [3.05, 3.63) is 45.8 Å². The number of sulfonamides is 1. The third-order valence-electron chi connectivity index (χ3n) is 5.27. The fraction of sp³-hybridized carbons (Fsp3) is 0.429. The fourth-order valence-electron chi connectivity index (χ4n) is 3.46. The first kappa shape index (κ1) is 22.3. The number of hydrogen-bond acceptors (Lipinski definition) is 6. The average Bonchev–Trinajstić information content (AvgIpc) is 3.11. The Morgan fingerprint density at radius 3 is 2.70 bits per heavy atom. The number of methoxy groups -OCH3 is 1. The molecule has 0 saturated heterocycles. The van der Waals surface area contributed by atoms with Gasteiger partial charge in [-0.25, -0.2) is 13.2 Å². The summed E-state index contributed by atoms with van der Waals surface area (Å²) in [5.41, 5.74) is 2.07. The van der Waals surface area contributed by atoms with Crippen LogP contribution in [-0.4, -0.2) is 38.8 Å². The van der Waals surface area contributed by atoms with Crippen molar-refractivity contribution in [2.75, 3.05) is 18.4 Å². The van der Waals surface area contributed by atoms with Gasteiger partial charge < -0.3 is 9.64 Å². The van der Waals surface area contributed by atoms with Crippen molar-refractivity contribution in [1.82, 2.24) is 4.90 Å². The minimum absolute atomic E-state index is 0.0402. The Morgan fingerprint density at radius 1 is 1.33 bits per heavy atom. The van der Waals surface area contributed by atoms with Gasteiger partial charge in [0.2, 0.25) is 5.91 Å². The Balaban J connectivity index is 2.00. The van der Waals surface area contributed by atoms with Gasteiger partial charge >= 0.3 is 5.97 Å². The largest absolute Gasteiger partial charge is 0.465 e. The number of carbonyl (C=O) groups is 2. The van der Waals surface area contributed by atoms with Crippen molar-refractivity contribution >= 4 is 38.9 Å². The summed E-state index contributed by atoms with van der Waals surface area (Å²) in [6.07, 6.45) is 1.15. The molecule has 0 saturated carbocycles. The van der Waals surface area contributed by atoms with E-state index in [2.05, 4.69) is 4.72 Å². The molecule has 2 heterocycles. The van der Waals surface area contributed by atoms with E-state index in [1.807, 2.05) is 26.8 Å². The van der Waals surface area contributed by atoms with Gasteiger partial charge in [0.15, 0.2) is 4.21 Å². The van der Waals surface area contributed by atoms with Crippen molar-refractivity contribution in [1.29, 1.82) is 0 Å². The highest BCUT2D eigenvalue weighted by Gasteiger charge is 2.35. The molecule has 1 atom stereocenters. The Labute approximate surface area is 181 Å². The molecule has 1 aliphatic rings. The summed E-state index contributed by atoms with van der Waals surface area (Å²) in [6, 6.07) is 6.99. The van der Waals surface area contributed by atoms with Crippen LogP contribution < -0.4 is 4.72 Å². The molecule has 9 heteroatoms. The van der Waals surface area contributed by atoms with Crippen LogP contribution in [0.5, 0.6) is 0 Å². The molecule has 3 rings (SSSR count). The van der Waals surface area contributed by atoms with Crippen molar-refractivity contribution < 1.29 is 22.7 Å². The van der Waals surface area contributed by atoms with Gasteiger partial charge in [-0.3, -0.25) is 9.52 Å². The van der Waals surface area contributed by atoms with Crippen LogP contribution in [0.1, 0.15) is 46.6 Å². The summed E-state index contributed by atoms with van der Waals surface area (Å²) in [5.74, 6) is -0.741. The molecule has 0 unspecified atom stereocenters. The van der Waals surface area contributed by atoms with Gasteiger partial charge in [-0.15, -0.1) is 11.3 Å². The lowest BCUT2D eigenvalue weighted by Gasteiger charge is -2.29. The molecular formula is C21H26N2O5S2. The van der Waals surface area contributed by atoms with Crippen LogP contribution in [0.4, 0.5) is 5.69 Å². The minimum Gasteiger partial charge on any atom is -0.465 e. The topological polar surface area (TPSA) is 92.8 Å². The highest BCUT2D eigenvalue weighted by Crippen LogP contribution is 2.37. The summed E-state index contributed by atoms with van der Waals surface area (Å²) in [4.78, 5) is 27.5.